The average molecular weight is 408 g/mol. The molecular weight excluding hydrogens is 378 g/mol. The number of benzene rings is 1. The minimum Gasteiger partial charge on any atom is -0.372 e. The van der Waals surface area contributed by atoms with E-state index in [0.717, 1.165) is 5.56 Å². The van der Waals surface area contributed by atoms with Crippen LogP contribution in [0.5, 0.6) is 0 Å². The molecule has 0 spiro atoms. The van der Waals surface area contributed by atoms with E-state index in [9.17, 15) is 9.59 Å². The number of ether oxygens (including phenoxy) is 1. The zero-order valence-corrected chi connectivity index (χ0v) is 17.7. The van der Waals surface area contributed by atoms with Gasteiger partial charge in [0.05, 0.1) is 24.7 Å². The highest BCUT2D eigenvalue weighted by Gasteiger charge is 2.33. The van der Waals surface area contributed by atoms with Crippen LogP contribution >= 0.6 is 11.6 Å². The van der Waals surface area contributed by atoms with Gasteiger partial charge in [0.1, 0.15) is 0 Å². The lowest BCUT2D eigenvalue weighted by molar-refractivity contribution is -0.149. The Kier molecular flexibility index (Phi) is 6.96. The summed E-state index contributed by atoms with van der Waals surface area (Å²) in [5.74, 6) is 0.236. The van der Waals surface area contributed by atoms with Crippen LogP contribution < -0.4 is 0 Å². The Morgan fingerprint density at radius 1 is 1.07 bits per heavy atom. The minimum absolute atomic E-state index is 0.0687. The van der Waals surface area contributed by atoms with Crippen molar-refractivity contribution >= 4 is 23.4 Å². The van der Waals surface area contributed by atoms with Gasteiger partial charge in [-0.1, -0.05) is 29.8 Å². The van der Waals surface area contributed by atoms with Gasteiger partial charge in [-0.3, -0.25) is 14.5 Å². The van der Waals surface area contributed by atoms with Crippen LogP contribution in [0.3, 0.4) is 0 Å². The molecule has 6 nitrogen and oxygen atoms in total. The minimum atomic E-state index is -0.182. The Bertz CT molecular complexity index is 696. The van der Waals surface area contributed by atoms with Gasteiger partial charge in [-0.2, -0.15) is 0 Å². The fourth-order valence-corrected chi connectivity index (χ4v) is 4.26. The Morgan fingerprint density at radius 2 is 1.68 bits per heavy atom. The van der Waals surface area contributed by atoms with Crippen molar-refractivity contribution in [2.24, 2.45) is 0 Å². The highest BCUT2D eigenvalue weighted by Crippen LogP contribution is 2.18. The third-order valence-corrected chi connectivity index (χ3v) is 5.97. The summed E-state index contributed by atoms with van der Waals surface area (Å²) >= 11 is 6.17. The van der Waals surface area contributed by atoms with Crippen molar-refractivity contribution in [3.63, 3.8) is 0 Å². The largest absolute Gasteiger partial charge is 0.372 e. The van der Waals surface area contributed by atoms with Crippen molar-refractivity contribution in [3.05, 3.63) is 34.9 Å². The van der Waals surface area contributed by atoms with Crippen LogP contribution in [0.4, 0.5) is 0 Å². The SMILES string of the molecule is CC1CN(C(=O)C(C)N2CCN(C(=O)Cc3ccccc3Cl)CC2)CC(C)O1. The Morgan fingerprint density at radius 3 is 2.29 bits per heavy atom. The third kappa shape index (κ3) is 5.04. The molecule has 3 atom stereocenters. The molecule has 0 aromatic heterocycles. The summed E-state index contributed by atoms with van der Waals surface area (Å²) in [6.45, 7) is 9.94. The van der Waals surface area contributed by atoms with Crippen molar-refractivity contribution in [1.82, 2.24) is 14.7 Å². The summed E-state index contributed by atoms with van der Waals surface area (Å²) in [7, 11) is 0. The van der Waals surface area contributed by atoms with Crippen LogP contribution in [0.25, 0.3) is 0 Å². The highest BCUT2D eigenvalue weighted by molar-refractivity contribution is 6.31. The molecule has 28 heavy (non-hydrogen) atoms. The van der Waals surface area contributed by atoms with Gasteiger partial charge in [0.25, 0.3) is 0 Å². The summed E-state index contributed by atoms with van der Waals surface area (Å²) in [4.78, 5) is 31.5. The summed E-state index contributed by atoms with van der Waals surface area (Å²) in [5, 5.41) is 0.627. The molecule has 0 bridgehead atoms. The zero-order valence-electron chi connectivity index (χ0n) is 16.9. The van der Waals surface area contributed by atoms with E-state index in [-0.39, 0.29) is 30.1 Å². The number of carbonyl (C=O) groups excluding carboxylic acids is 2. The molecule has 154 valence electrons. The number of morpholine rings is 1. The van der Waals surface area contributed by atoms with Crippen LogP contribution in [-0.2, 0) is 20.7 Å². The molecule has 2 aliphatic rings. The third-order valence-electron chi connectivity index (χ3n) is 5.60. The van der Waals surface area contributed by atoms with Gasteiger partial charge >= 0.3 is 0 Å². The molecule has 2 amide bonds. The van der Waals surface area contributed by atoms with E-state index < -0.39 is 0 Å². The average Bonchev–Trinajstić information content (AvgIpc) is 2.68. The number of halogens is 1. The van der Waals surface area contributed by atoms with Gasteiger partial charge in [-0.15, -0.1) is 0 Å². The molecule has 7 heteroatoms. The van der Waals surface area contributed by atoms with Gasteiger partial charge in [0, 0.05) is 44.3 Å². The molecule has 0 saturated carbocycles. The molecule has 3 unspecified atom stereocenters. The Balaban J connectivity index is 1.51. The standard InChI is InChI=1S/C21H30ClN3O3/c1-15-13-25(14-16(2)28-15)21(27)17(3)23-8-10-24(11-9-23)20(26)12-18-6-4-5-7-19(18)22/h4-7,15-17H,8-14H2,1-3H3. The van der Waals surface area contributed by atoms with Crippen LogP contribution in [0, 0.1) is 0 Å². The molecule has 2 aliphatic heterocycles. The molecule has 0 radical (unpaired) electrons. The molecule has 1 aromatic carbocycles. The molecule has 2 saturated heterocycles. The smallest absolute Gasteiger partial charge is 0.239 e. The first kappa shape index (κ1) is 21.1. The molecule has 3 rings (SSSR count). The van der Waals surface area contributed by atoms with Crippen molar-refractivity contribution < 1.29 is 14.3 Å². The van der Waals surface area contributed by atoms with Gasteiger partial charge < -0.3 is 14.5 Å². The maximum absolute atomic E-state index is 12.9. The quantitative estimate of drug-likeness (QED) is 0.766. The molecule has 0 N–H and O–H groups in total. The monoisotopic (exact) mass is 407 g/mol. The second-order valence-electron chi connectivity index (χ2n) is 7.86. The highest BCUT2D eigenvalue weighted by atomic mass is 35.5. The normalized spacial score (nSPS) is 24.9. The first-order valence-corrected chi connectivity index (χ1v) is 10.4. The van der Waals surface area contributed by atoms with Crippen molar-refractivity contribution in [1.29, 1.82) is 0 Å². The van der Waals surface area contributed by atoms with Gasteiger partial charge in [0.2, 0.25) is 11.8 Å². The van der Waals surface area contributed by atoms with E-state index in [1.54, 1.807) is 0 Å². The summed E-state index contributed by atoms with van der Waals surface area (Å²) in [5.41, 5.74) is 0.857. The van der Waals surface area contributed by atoms with Crippen LogP contribution in [0.15, 0.2) is 24.3 Å². The molecule has 2 heterocycles. The second kappa shape index (κ2) is 9.25. The first-order chi connectivity index (χ1) is 13.3. The lowest BCUT2D eigenvalue weighted by atomic mass is 10.1. The Hall–Kier alpha value is -1.63. The predicted octanol–water partition coefficient (Wildman–Crippen LogP) is 2.05. The number of rotatable bonds is 4. The lowest BCUT2D eigenvalue weighted by Gasteiger charge is -2.41. The number of hydrogen-bond donors (Lipinski definition) is 0. The maximum Gasteiger partial charge on any atom is 0.239 e. The van der Waals surface area contributed by atoms with Crippen LogP contribution in [0.2, 0.25) is 5.02 Å². The van der Waals surface area contributed by atoms with E-state index in [1.165, 1.54) is 0 Å². The number of carbonyl (C=O) groups is 2. The molecule has 2 fully saturated rings. The summed E-state index contributed by atoms with van der Waals surface area (Å²) in [6, 6.07) is 7.28. The number of piperazine rings is 1. The summed E-state index contributed by atoms with van der Waals surface area (Å²) in [6.07, 6.45) is 0.455. The number of nitrogens with zero attached hydrogens (tertiary/aromatic N) is 3. The van der Waals surface area contributed by atoms with E-state index in [1.807, 2.05) is 54.8 Å². The molecular formula is C21H30ClN3O3. The maximum atomic E-state index is 12.9. The summed E-state index contributed by atoms with van der Waals surface area (Å²) < 4.78 is 5.73. The van der Waals surface area contributed by atoms with Crippen LogP contribution in [-0.4, -0.2) is 84.0 Å². The second-order valence-corrected chi connectivity index (χ2v) is 8.27. The fourth-order valence-electron chi connectivity index (χ4n) is 4.05. The topological polar surface area (TPSA) is 53.1 Å². The van der Waals surface area contributed by atoms with Gasteiger partial charge in [0.15, 0.2) is 0 Å². The van der Waals surface area contributed by atoms with E-state index >= 15 is 0 Å². The molecule has 0 aliphatic carbocycles. The number of hydrogen-bond acceptors (Lipinski definition) is 4. The Labute approximate surface area is 172 Å². The molecule has 1 aromatic rings. The van der Waals surface area contributed by atoms with Gasteiger partial charge in [-0.25, -0.2) is 0 Å². The number of amides is 2. The van der Waals surface area contributed by atoms with Crippen molar-refractivity contribution in [2.75, 3.05) is 39.3 Å². The predicted molar refractivity (Wildman–Crippen MR) is 109 cm³/mol. The van der Waals surface area contributed by atoms with E-state index in [4.69, 9.17) is 16.3 Å². The first-order valence-electron chi connectivity index (χ1n) is 10.0. The van der Waals surface area contributed by atoms with E-state index in [2.05, 4.69) is 4.90 Å². The zero-order chi connectivity index (χ0) is 20.3. The fraction of sp³-hybridized carbons (Fsp3) is 0.619. The van der Waals surface area contributed by atoms with Gasteiger partial charge in [-0.05, 0) is 32.4 Å². The van der Waals surface area contributed by atoms with Crippen molar-refractivity contribution in [3.8, 4) is 0 Å². The van der Waals surface area contributed by atoms with Crippen molar-refractivity contribution in [2.45, 2.75) is 45.4 Å². The van der Waals surface area contributed by atoms with E-state index in [0.29, 0.717) is 50.7 Å². The van der Waals surface area contributed by atoms with Crippen LogP contribution in [0.1, 0.15) is 26.3 Å². The lowest BCUT2D eigenvalue weighted by Crippen LogP contribution is -2.58.